The molecule has 0 aliphatic heterocycles. The summed E-state index contributed by atoms with van der Waals surface area (Å²) in [4.78, 5) is 16.6. The zero-order chi connectivity index (χ0) is 12.8. The highest BCUT2D eigenvalue weighted by atomic mass is 16.6. The van der Waals surface area contributed by atoms with Crippen molar-refractivity contribution in [3.63, 3.8) is 0 Å². The highest BCUT2D eigenvalue weighted by Crippen LogP contribution is 1.99. The number of nitrogens with one attached hydrogen (secondary N) is 1. The summed E-state index contributed by atoms with van der Waals surface area (Å²) in [5.41, 5.74) is 3.37. The summed E-state index contributed by atoms with van der Waals surface area (Å²) < 4.78 is 1.69. The van der Waals surface area contributed by atoms with E-state index in [1.807, 2.05) is 30.3 Å². The Morgan fingerprint density at radius 3 is 2.83 bits per heavy atom. The van der Waals surface area contributed by atoms with Crippen LogP contribution < -0.4 is 5.48 Å². The fourth-order valence-electron chi connectivity index (χ4n) is 1.42. The first-order chi connectivity index (χ1) is 8.75. The summed E-state index contributed by atoms with van der Waals surface area (Å²) in [6, 6.07) is 9.61. The summed E-state index contributed by atoms with van der Waals surface area (Å²) in [6.45, 7) is 0.339. The number of hydroxylamine groups is 1. The van der Waals surface area contributed by atoms with E-state index in [4.69, 9.17) is 4.84 Å². The normalized spacial score (nSPS) is 10.3. The van der Waals surface area contributed by atoms with Gasteiger partial charge < -0.3 is 4.57 Å². The van der Waals surface area contributed by atoms with Gasteiger partial charge in [0.05, 0.1) is 13.0 Å². The lowest BCUT2D eigenvalue weighted by atomic mass is 10.2. The molecule has 0 saturated heterocycles. The number of amides is 1. The number of hydrogen-bond donors (Lipinski definition) is 1. The molecule has 6 nitrogen and oxygen atoms in total. The minimum absolute atomic E-state index is 0.144. The zero-order valence-corrected chi connectivity index (χ0v) is 10.0. The van der Waals surface area contributed by atoms with E-state index in [0.717, 1.165) is 5.56 Å². The van der Waals surface area contributed by atoms with E-state index >= 15 is 0 Å². The molecule has 0 unspecified atom stereocenters. The van der Waals surface area contributed by atoms with Crippen LogP contribution in [0.1, 0.15) is 11.4 Å². The van der Waals surface area contributed by atoms with Crippen molar-refractivity contribution in [1.82, 2.24) is 20.2 Å². The summed E-state index contributed by atoms with van der Waals surface area (Å²) in [6.07, 6.45) is 1.69. The maximum atomic E-state index is 11.5. The number of carbonyl (C=O) groups excluding carboxylic acids is 1. The van der Waals surface area contributed by atoms with Crippen LogP contribution in [-0.4, -0.2) is 20.7 Å². The van der Waals surface area contributed by atoms with Gasteiger partial charge >= 0.3 is 0 Å². The third-order valence-electron chi connectivity index (χ3n) is 2.39. The van der Waals surface area contributed by atoms with Crippen molar-refractivity contribution in [2.45, 2.75) is 13.0 Å². The van der Waals surface area contributed by atoms with Crippen molar-refractivity contribution < 1.29 is 9.63 Å². The maximum Gasteiger partial charge on any atom is 0.251 e. The summed E-state index contributed by atoms with van der Waals surface area (Å²) in [5.74, 6) is 0.345. The lowest BCUT2D eigenvalue weighted by Crippen LogP contribution is -2.26. The van der Waals surface area contributed by atoms with Gasteiger partial charge in [0.15, 0.2) is 0 Å². The van der Waals surface area contributed by atoms with Crippen LogP contribution in [0.3, 0.4) is 0 Å². The number of aromatic nitrogens is 3. The zero-order valence-electron chi connectivity index (χ0n) is 10.0. The van der Waals surface area contributed by atoms with Gasteiger partial charge in [-0.2, -0.15) is 0 Å². The minimum atomic E-state index is -0.248. The Morgan fingerprint density at radius 1 is 1.39 bits per heavy atom. The molecule has 1 aromatic carbocycles. The Bertz CT molecular complexity index is 510. The maximum absolute atomic E-state index is 11.5. The van der Waals surface area contributed by atoms with E-state index < -0.39 is 0 Å². The van der Waals surface area contributed by atoms with Crippen molar-refractivity contribution in [3.8, 4) is 0 Å². The van der Waals surface area contributed by atoms with Crippen LogP contribution >= 0.6 is 0 Å². The number of aryl methyl sites for hydroxylation is 1. The molecule has 1 heterocycles. The third-order valence-corrected chi connectivity index (χ3v) is 2.39. The first-order valence-electron chi connectivity index (χ1n) is 5.53. The van der Waals surface area contributed by atoms with Crippen LogP contribution in [0, 0.1) is 0 Å². The number of nitrogens with zero attached hydrogens (tertiary/aromatic N) is 3. The van der Waals surface area contributed by atoms with E-state index in [0.29, 0.717) is 12.4 Å². The SMILES string of the molecule is Cn1cnnc1CC(=O)NOCc1ccccc1. The first kappa shape index (κ1) is 12.3. The first-order valence-corrected chi connectivity index (χ1v) is 5.53. The van der Waals surface area contributed by atoms with E-state index in [1.54, 1.807) is 17.9 Å². The highest BCUT2D eigenvalue weighted by Gasteiger charge is 2.07. The minimum Gasteiger partial charge on any atom is -0.320 e. The standard InChI is InChI=1S/C12H14N4O2/c1-16-9-13-14-11(16)7-12(17)15-18-8-10-5-3-2-4-6-10/h2-6,9H,7-8H2,1H3,(H,15,17). The molecule has 0 aliphatic carbocycles. The molecule has 0 saturated carbocycles. The van der Waals surface area contributed by atoms with Crippen molar-refractivity contribution in [1.29, 1.82) is 0 Å². The Kier molecular flexibility index (Phi) is 4.03. The lowest BCUT2D eigenvalue weighted by Gasteiger charge is -2.05. The molecule has 0 aliphatic rings. The van der Waals surface area contributed by atoms with Crippen molar-refractivity contribution >= 4 is 5.91 Å². The predicted octanol–water partition coefficient (Wildman–Crippen LogP) is 0.606. The number of hydrogen-bond acceptors (Lipinski definition) is 4. The van der Waals surface area contributed by atoms with Crippen molar-refractivity contribution in [3.05, 3.63) is 48.0 Å². The van der Waals surface area contributed by atoms with E-state index in [9.17, 15) is 4.79 Å². The van der Waals surface area contributed by atoms with Crippen LogP contribution in [-0.2, 0) is 29.7 Å². The molecule has 6 heteroatoms. The van der Waals surface area contributed by atoms with Gasteiger partial charge in [-0.1, -0.05) is 30.3 Å². The van der Waals surface area contributed by atoms with Crippen LogP contribution in [0.25, 0.3) is 0 Å². The third kappa shape index (κ3) is 3.39. The number of carbonyl (C=O) groups is 1. The topological polar surface area (TPSA) is 69.0 Å². The lowest BCUT2D eigenvalue weighted by molar-refractivity contribution is -0.134. The van der Waals surface area contributed by atoms with E-state index in [-0.39, 0.29) is 12.3 Å². The molecule has 1 N–H and O–H groups in total. The molecule has 0 spiro atoms. The number of rotatable bonds is 5. The summed E-state index contributed by atoms with van der Waals surface area (Å²) >= 11 is 0. The monoisotopic (exact) mass is 246 g/mol. The van der Waals surface area contributed by atoms with Crippen LogP contribution in [0.4, 0.5) is 0 Å². The van der Waals surface area contributed by atoms with Gasteiger partial charge in [-0.05, 0) is 5.56 Å². The second-order valence-corrected chi connectivity index (χ2v) is 3.83. The Morgan fingerprint density at radius 2 is 2.17 bits per heavy atom. The Labute approximate surface area is 105 Å². The largest absolute Gasteiger partial charge is 0.320 e. The molecular weight excluding hydrogens is 232 g/mol. The molecule has 18 heavy (non-hydrogen) atoms. The van der Waals surface area contributed by atoms with Crippen molar-refractivity contribution in [2.24, 2.45) is 7.05 Å². The summed E-state index contributed by atoms with van der Waals surface area (Å²) in [7, 11) is 1.79. The van der Waals surface area contributed by atoms with Gasteiger partial charge in [-0.15, -0.1) is 10.2 Å². The van der Waals surface area contributed by atoms with Crippen LogP contribution in [0.15, 0.2) is 36.7 Å². The number of benzene rings is 1. The van der Waals surface area contributed by atoms with Crippen molar-refractivity contribution in [2.75, 3.05) is 0 Å². The second-order valence-electron chi connectivity index (χ2n) is 3.83. The van der Waals surface area contributed by atoms with Gasteiger partial charge in [-0.25, -0.2) is 5.48 Å². The molecule has 0 atom stereocenters. The molecule has 0 bridgehead atoms. The second kappa shape index (κ2) is 5.92. The average Bonchev–Trinajstić information content (AvgIpc) is 2.76. The van der Waals surface area contributed by atoms with E-state index in [2.05, 4.69) is 15.7 Å². The Hall–Kier alpha value is -2.21. The molecule has 2 aromatic rings. The predicted molar refractivity (Wildman–Crippen MR) is 64.1 cm³/mol. The van der Waals surface area contributed by atoms with Crippen LogP contribution in [0.5, 0.6) is 0 Å². The van der Waals surface area contributed by atoms with Crippen LogP contribution in [0.2, 0.25) is 0 Å². The molecular formula is C12H14N4O2. The summed E-state index contributed by atoms with van der Waals surface area (Å²) in [5, 5.41) is 7.51. The quantitative estimate of drug-likeness (QED) is 0.785. The molecule has 0 radical (unpaired) electrons. The van der Waals surface area contributed by atoms with Gasteiger partial charge in [0.2, 0.25) is 0 Å². The van der Waals surface area contributed by atoms with Gasteiger partial charge in [-0.3, -0.25) is 9.63 Å². The van der Waals surface area contributed by atoms with E-state index in [1.165, 1.54) is 0 Å². The van der Waals surface area contributed by atoms with Gasteiger partial charge in [0.25, 0.3) is 5.91 Å². The van der Waals surface area contributed by atoms with Gasteiger partial charge in [0, 0.05) is 7.05 Å². The molecule has 94 valence electrons. The fourth-order valence-corrected chi connectivity index (χ4v) is 1.42. The molecule has 2 rings (SSSR count). The molecule has 1 aromatic heterocycles. The Balaban J connectivity index is 1.74. The molecule has 0 fully saturated rings. The fraction of sp³-hybridized carbons (Fsp3) is 0.250. The smallest absolute Gasteiger partial charge is 0.251 e. The van der Waals surface area contributed by atoms with Gasteiger partial charge in [0.1, 0.15) is 12.2 Å². The average molecular weight is 246 g/mol. The highest BCUT2D eigenvalue weighted by molar-refractivity contribution is 5.76. The molecule has 1 amide bonds.